The summed E-state index contributed by atoms with van der Waals surface area (Å²) < 4.78 is 30.9. The number of sulfone groups is 1. The Bertz CT molecular complexity index is 1680. The van der Waals surface area contributed by atoms with Crippen LogP contribution in [0.2, 0.25) is 0 Å². The second-order valence-electron chi connectivity index (χ2n) is 8.64. The number of nitrogens with one attached hydrogen (secondary N) is 1. The lowest BCUT2D eigenvalue weighted by Crippen LogP contribution is -2.36. The number of H-pyrrole nitrogens is 1. The largest absolute Gasteiger partial charge is 0.378 e. The summed E-state index contributed by atoms with van der Waals surface area (Å²) in [5.74, 6) is 1.52. The highest BCUT2D eigenvalue weighted by Crippen LogP contribution is 2.43. The van der Waals surface area contributed by atoms with E-state index in [0.717, 1.165) is 61.6 Å². The van der Waals surface area contributed by atoms with Crippen molar-refractivity contribution in [2.45, 2.75) is 11.8 Å². The first kappa shape index (κ1) is 22.1. The lowest BCUT2D eigenvalue weighted by atomic mass is 10.1. The fourth-order valence-corrected chi connectivity index (χ4v) is 6.42. The molecule has 178 valence electrons. The number of anilines is 1. The van der Waals surface area contributed by atoms with Gasteiger partial charge in [-0.15, -0.1) is 11.3 Å². The van der Waals surface area contributed by atoms with Gasteiger partial charge >= 0.3 is 0 Å². The fourth-order valence-electron chi connectivity index (χ4n) is 4.49. The van der Waals surface area contributed by atoms with Crippen molar-refractivity contribution in [3.05, 3.63) is 54.2 Å². The molecule has 35 heavy (non-hydrogen) atoms. The molecule has 3 aromatic heterocycles. The van der Waals surface area contributed by atoms with Crippen molar-refractivity contribution in [2.75, 3.05) is 37.5 Å². The average molecular weight is 506 g/mol. The van der Waals surface area contributed by atoms with E-state index in [1.54, 1.807) is 35.7 Å². The zero-order valence-electron chi connectivity index (χ0n) is 19.3. The summed E-state index contributed by atoms with van der Waals surface area (Å²) in [7, 11) is -3.31. The Morgan fingerprint density at radius 1 is 1.09 bits per heavy atom. The van der Waals surface area contributed by atoms with Crippen LogP contribution in [0.1, 0.15) is 5.56 Å². The Kier molecular flexibility index (Phi) is 5.32. The van der Waals surface area contributed by atoms with Crippen molar-refractivity contribution in [3.8, 4) is 21.8 Å². The maximum absolute atomic E-state index is 12.2. The van der Waals surface area contributed by atoms with Gasteiger partial charge in [0.2, 0.25) is 0 Å². The summed E-state index contributed by atoms with van der Waals surface area (Å²) in [5.41, 5.74) is 4.59. The summed E-state index contributed by atoms with van der Waals surface area (Å²) in [6.45, 7) is 4.83. The van der Waals surface area contributed by atoms with Gasteiger partial charge in [0.1, 0.15) is 0 Å². The zero-order chi connectivity index (χ0) is 24.2. The SMILES string of the molecule is Cc1c(-c2cccc(S(C)(=O)=O)c2)sc2c(N3CCOCC3)nc(-c3cccc4[nH]ncc34)nc12. The van der Waals surface area contributed by atoms with Gasteiger partial charge < -0.3 is 9.64 Å². The number of thiophene rings is 1. The molecule has 1 fully saturated rings. The Morgan fingerprint density at radius 2 is 1.89 bits per heavy atom. The highest BCUT2D eigenvalue weighted by Gasteiger charge is 2.24. The van der Waals surface area contributed by atoms with Crippen LogP contribution in [0, 0.1) is 6.92 Å². The quantitative estimate of drug-likeness (QED) is 0.385. The molecule has 0 unspecified atom stereocenters. The zero-order valence-corrected chi connectivity index (χ0v) is 20.9. The van der Waals surface area contributed by atoms with Gasteiger partial charge in [-0.05, 0) is 36.2 Å². The van der Waals surface area contributed by atoms with E-state index in [4.69, 9.17) is 14.7 Å². The number of rotatable bonds is 4. The molecule has 10 heteroatoms. The monoisotopic (exact) mass is 505 g/mol. The van der Waals surface area contributed by atoms with Crippen molar-refractivity contribution in [1.29, 1.82) is 0 Å². The molecule has 0 bridgehead atoms. The second-order valence-corrected chi connectivity index (χ2v) is 11.7. The van der Waals surface area contributed by atoms with Gasteiger partial charge in [0.05, 0.1) is 40.0 Å². The Morgan fingerprint density at radius 3 is 2.69 bits per heavy atom. The summed E-state index contributed by atoms with van der Waals surface area (Å²) in [6, 6.07) is 13.1. The molecule has 8 nitrogen and oxygen atoms in total. The van der Waals surface area contributed by atoms with Gasteiger partial charge in [-0.1, -0.05) is 24.3 Å². The highest BCUT2D eigenvalue weighted by molar-refractivity contribution is 7.90. The number of benzene rings is 2. The highest BCUT2D eigenvalue weighted by atomic mass is 32.2. The first-order valence-corrected chi connectivity index (χ1v) is 14.0. The minimum atomic E-state index is -3.31. The standard InChI is InChI=1S/C25H23N5O3S2/c1-15-21-23(34-22(15)16-5-3-6-17(13-16)35(2,31)32)25(30-9-11-33-12-10-30)28-24(27-21)18-7-4-8-20-19(18)14-26-29-20/h3-8,13-14H,9-12H2,1-2H3,(H,26,29). The first-order valence-electron chi connectivity index (χ1n) is 11.3. The second kappa shape index (κ2) is 8.40. The summed E-state index contributed by atoms with van der Waals surface area (Å²) in [6.07, 6.45) is 3.03. The number of aryl methyl sites for hydroxylation is 1. The molecule has 4 heterocycles. The molecule has 0 atom stereocenters. The third-order valence-corrected chi connectivity index (χ3v) is 8.74. The topological polar surface area (TPSA) is 101 Å². The molecule has 2 aromatic carbocycles. The molecule has 1 N–H and O–H groups in total. The smallest absolute Gasteiger partial charge is 0.175 e. The Labute approximate surface area is 206 Å². The van der Waals surface area contributed by atoms with Crippen LogP contribution in [0.4, 0.5) is 5.82 Å². The van der Waals surface area contributed by atoms with E-state index in [1.807, 2.05) is 31.2 Å². The first-order chi connectivity index (χ1) is 16.9. The molecule has 5 aromatic rings. The molecule has 0 spiro atoms. The van der Waals surface area contributed by atoms with Crippen molar-refractivity contribution in [1.82, 2.24) is 20.2 Å². The molecule has 1 aliphatic heterocycles. The van der Waals surface area contributed by atoms with Gasteiger partial charge in [-0.25, -0.2) is 18.4 Å². The van der Waals surface area contributed by atoms with Crippen LogP contribution in [0.25, 0.3) is 42.9 Å². The van der Waals surface area contributed by atoms with E-state index in [2.05, 4.69) is 15.1 Å². The van der Waals surface area contributed by atoms with Crippen LogP contribution >= 0.6 is 11.3 Å². The third-order valence-electron chi connectivity index (χ3n) is 6.31. The van der Waals surface area contributed by atoms with Crippen LogP contribution in [0.5, 0.6) is 0 Å². The van der Waals surface area contributed by atoms with E-state index in [0.29, 0.717) is 23.9 Å². The number of hydrogen-bond acceptors (Lipinski definition) is 8. The number of fused-ring (bicyclic) bond motifs is 2. The molecule has 0 amide bonds. The van der Waals surface area contributed by atoms with Crippen LogP contribution < -0.4 is 4.90 Å². The maximum Gasteiger partial charge on any atom is 0.175 e. The molecule has 1 aliphatic rings. The van der Waals surface area contributed by atoms with Crippen LogP contribution in [-0.2, 0) is 14.6 Å². The van der Waals surface area contributed by atoms with E-state index in [-0.39, 0.29) is 0 Å². The van der Waals surface area contributed by atoms with E-state index < -0.39 is 9.84 Å². The molecule has 0 radical (unpaired) electrons. The molecular weight excluding hydrogens is 482 g/mol. The van der Waals surface area contributed by atoms with Crippen molar-refractivity contribution in [2.24, 2.45) is 0 Å². The van der Waals surface area contributed by atoms with Gasteiger partial charge in [-0.3, -0.25) is 5.10 Å². The van der Waals surface area contributed by atoms with E-state index in [9.17, 15) is 8.42 Å². The van der Waals surface area contributed by atoms with Crippen LogP contribution in [0.15, 0.2) is 53.6 Å². The molecule has 1 saturated heterocycles. The lowest BCUT2D eigenvalue weighted by molar-refractivity contribution is 0.122. The number of aromatic nitrogens is 4. The van der Waals surface area contributed by atoms with Crippen LogP contribution in [-0.4, -0.2) is 61.1 Å². The van der Waals surface area contributed by atoms with Gasteiger partial charge in [0.15, 0.2) is 21.5 Å². The van der Waals surface area contributed by atoms with Gasteiger partial charge in [0, 0.05) is 35.2 Å². The summed E-state index contributed by atoms with van der Waals surface area (Å²) in [5, 5.41) is 8.18. The summed E-state index contributed by atoms with van der Waals surface area (Å²) in [4.78, 5) is 13.6. The van der Waals surface area contributed by atoms with Crippen molar-refractivity contribution < 1.29 is 13.2 Å². The predicted octanol–water partition coefficient (Wildman–Crippen LogP) is 4.45. The fraction of sp³-hybridized carbons (Fsp3) is 0.240. The van der Waals surface area contributed by atoms with Gasteiger partial charge in [-0.2, -0.15) is 5.10 Å². The maximum atomic E-state index is 12.2. The molecule has 0 saturated carbocycles. The predicted molar refractivity (Wildman–Crippen MR) is 139 cm³/mol. The molecule has 0 aliphatic carbocycles. The van der Waals surface area contributed by atoms with Crippen LogP contribution in [0.3, 0.4) is 0 Å². The minimum Gasteiger partial charge on any atom is -0.378 e. The Hall–Kier alpha value is -3.34. The number of morpholine rings is 1. The minimum absolute atomic E-state index is 0.304. The average Bonchev–Trinajstić information content (AvgIpc) is 3.48. The van der Waals surface area contributed by atoms with E-state index >= 15 is 0 Å². The summed E-state index contributed by atoms with van der Waals surface area (Å²) >= 11 is 1.60. The number of nitrogens with zero attached hydrogens (tertiary/aromatic N) is 4. The van der Waals surface area contributed by atoms with Crippen molar-refractivity contribution in [3.63, 3.8) is 0 Å². The molecular formula is C25H23N5O3S2. The normalized spacial score (nSPS) is 14.7. The lowest BCUT2D eigenvalue weighted by Gasteiger charge is -2.28. The van der Waals surface area contributed by atoms with E-state index in [1.165, 1.54) is 6.26 Å². The molecule has 6 rings (SSSR count). The number of aromatic amines is 1. The third kappa shape index (κ3) is 3.87. The number of ether oxygens (including phenoxy) is 1. The van der Waals surface area contributed by atoms with Gasteiger partial charge in [0.25, 0.3) is 0 Å². The number of hydrogen-bond donors (Lipinski definition) is 1. The Balaban J connectivity index is 1.60. The van der Waals surface area contributed by atoms with Crippen molar-refractivity contribution >= 4 is 48.1 Å².